The summed E-state index contributed by atoms with van der Waals surface area (Å²) in [4.78, 5) is 4.09. The van der Waals surface area contributed by atoms with Crippen molar-refractivity contribution in [2.24, 2.45) is 5.92 Å². The fourth-order valence-electron chi connectivity index (χ4n) is 2.43. The maximum Gasteiger partial charge on any atom is 0.0991 e. The van der Waals surface area contributed by atoms with Gasteiger partial charge < -0.3 is 9.88 Å². The van der Waals surface area contributed by atoms with Crippen LogP contribution in [0.5, 0.6) is 0 Å². The highest BCUT2D eigenvalue weighted by molar-refractivity contribution is 5.51. The Morgan fingerprint density at radius 3 is 3.00 bits per heavy atom. The Kier molecular flexibility index (Phi) is 3.05. The number of rotatable bonds is 5. The minimum atomic E-state index is 0.628. The van der Waals surface area contributed by atoms with E-state index in [2.05, 4.69) is 41.5 Å². The number of nitrogens with one attached hydrogen (secondary N) is 1. The van der Waals surface area contributed by atoms with Crippen LogP contribution in [0, 0.1) is 5.92 Å². The molecule has 1 unspecified atom stereocenters. The third-order valence-corrected chi connectivity index (χ3v) is 3.63. The van der Waals surface area contributed by atoms with Crippen molar-refractivity contribution in [2.45, 2.75) is 32.2 Å². The van der Waals surface area contributed by atoms with Crippen LogP contribution in [0.3, 0.4) is 0 Å². The molecule has 0 bridgehead atoms. The molecule has 1 fully saturated rings. The summed E-state index contributed by atoms with van der Waals surface area (Å²) in [7, 11) is 0. The van der Waals surface area contributed by atoms with E-state index in [1.807, 2.05) is 17.1 Å². The lowest BCUT2D eigenvalue weighted by Gasteiger charge is -2.18. The lowest BCUT2D eigenvalue weighted by atomic mass is 10.1. The molecular weight excluding hydrogens is 222 g/mol. The van der Waals surface area contributed by atoms with E-state index in [0.29, 0.717) is 6.04 Å². The molecule has 1 atom stereocenters. The Balaban J connectivity index is 1.78. The van der Waals surface area contributed by atoms with Gasteiger partial charge in [-0.15, -0.1) is 0 Å². The molecule has 2 aromatic rings. The van der Waals surface area contributed by atoms with Crippen molar-refractivity contribution in [1.82, 2.24) is 9.55 Å². The predicted octanol–water partition coefficient (Wildman–Crippen LogP) is 3.47. The third-order valence-electron chi connectivity index (χ3n) is 3.63. The Labute approximate surface area is 108 Å². The van der Waals surface area contributed by atoms with E-state index in [4.69, 9.17) is 0 Å². The summed E-state index contributed by atoms with van der Waals surface area (Å²) in [5.74, 6) is 0.881. The molecular formula is C15H19N3. The van der Waals surface area contributed by atoms with Gasteiger partial charge in [0.05, 0.1) is 6.33 Å². The topological polar surface area (TPSA) is 29.9 Å². The number of anilines is 1. The number of imidazole rings is 1. The SMILES string of the molecule is CCC(Nc1cccc(-n2ccnc2)c1)C1CC1. The molecule has 1 N–H and O–H groups in total. The lowest BCUT2D eigenvalue weighted by Crippen LogP contribution is -2.20. The van der Waals surface area contributed by atoms with Crippen LogP contribution in [0.4, 0.5) is 5.69 Å². The lowest BCUT2D eigenvalue weighted by molar-refractivity contribution is 0.616. The van der Waals surface area contributed by atoms with Gasteiger partial charge in [-0.25, -0.2) is 4.98 Å². The molecule has 1 aromatic heterocycles. The standard InChI is InChI=1S/C15H19N3/c1-2-15(12-6-7-12)17-13-4-3-5-14(10-13)18-9-8-16-11-18/h3-5,8-12,15,17H,2,6-7H2,1H3. The van der Waals surface area contributed by atoms with E-state index in [9.17, 15) is 0 Å². The first-order valence-electron chi connectivity index (χ1n) is 6.71. The van der Waals surface area contributed by atoms with Crippen LogP contribution in [0.1, 0.15) is 26.2 Å². The smallest absolute Gasteiger partial charge is 0.0991 e. The van der Waals surface area contributed by atoms with Crippen molar-refractivity contribution < 1.29 is 0 Å². The zero-order valence-corrected chi connectivity index (χ0v) is 10.7. The van der Waals surface area contributed by atoms with Crippen LogP contribution in [-0.4, -0.2) is 15.6 Å². The summed E-state index contributed by atoms with van der Waals surface area (Å²) in [5, 5.41) is 3.66. The largest absolute Gasteiger partial charge is 0.382 e. The summed E-state index contributed by atoms with van der Waals surface area (Å²) in [6.45, 7) is 2.26. The number of hydrogen-bond acceptors (Lipinski definition) is 2. The Morgan fingerprint density at radius 1 is 1.44 bits per heavy atom. The Hall–Kier alpha value is -1.77. The van der Waals surface area contributed by atoms with Gasteiger partial charge in [-0.1, -0.05) is 13.0 Å². The highest BCUT2D eigenvalue weighted by Gasteiger charge is 2.29. The average Bonchev–Trinajstić information content (AvgIpc) is 3.10. The van der Waals surface area contributed by atoms with E-state index >= 15 is 0 Å². The second-order valence-electron chi connectivity index (χ2n) is 5.02. The molecule has 0 aliphatic heterocycles. The second-order valence-corrected chi connectivity index (χ2v) is 5.02. The monoisotopic (exact) mass is 241 g/mol. The van der Waals surface area contributed by atoms with Crippen LogP contribution < -0.4 is 5.32 Å². The number of benzene rings is 1. The van der Waals surface area contributed by atoms with Gasteiger partial charge in [-0.2, -0.15) is 0 Å². The van der Waals surface area contributed by atoms with Crippen molar-refractivity contribution in [2.75, 3.05) is 5.32 Å². The second kappa shape index (κ2) is 4.84. The van der Waals surface area contributed by atoms with Gasteiger partial charge in [0.25, 0.3) is 0 Å². The summed E-state index contributed by atoms with van der Waals surface area (Å²) in [6, 6.07) is 9.16. The van der Waals surface area contributed by atoms with Crippen molar-refractivity contribution in [1.29, 1.82) is 0 Å². The summed E-state index contributed by atoms with van der Waals surface area (Å²) in [5.41, 5.74) is 2.36. The molecule has 1 aliphatic rings. The summed E-state index contributed by atoms with van der Waals surface area (Å²) >= 11 is 0. The third kappa shape index (κ3) is 2.40. The summed E-state index contributed by atoms with van der Waals surface area (Å²) in [6.07, 6.45) is 9.56. The zero-order valence-electron chi connectivity index (χ0n) is 10.7. The molecule has 0 saturated heterocycles. The first kappa shape index (κ1) is 11.3. The summed E-state index contributed by atoms with van der Waals surface area (Å²) < 4.78 is 2.03. The molecule has 1 saturated carbocycles. The van der Waals surface area contributed by atoms with Crippen molar-refractivity contribution >= 4 is 5.69 Å². The Morgan fingerprint density at radius 2 is 2.33 bits per heavy atom. The number of nitrogens with zero attached hydrogens (tertiary/aromatic N) is 2. The van der Waals surface area contributed by atoms with Gasteiger partial charge >= 0.3 is 0 Å². The van der Waals surface area contributed by atoms with Gasteiger partial charge in [0.1, 0.15) is 0 Å². The molecule has 94 valence electrons. The molecule has 0 amide bonds. The van der Waals surface area contributed by atoms with Crippen molar-refractivity contribution in [3.8, 4) is 5.69 Å². The molecule has 1 aliphatic carbocycles. The highest BCUT2D eigenvalue weighted by atomic mass is 15.0. The number of aromatic nitrogens is 2. The molecule has 18 heavy (non-hydrogen) atoms. The minimum absolute atomic E-state index is 0.628. The van der Waals surface area contributed by atoms with E-state index in [-0.39, 0.29) is 0 Å². The molecule has 3 heteroatoms. The van der Waals surface area contributed by atoms with E-state index in [1.165, 1.54) is 24.9 Å². The maximum atomic E-state index is 4.09. The quantitative estimate of drug-likeness (QED) is 0.868. The van der Waals surface area contributed by atoms with Gasteiger partial charge in [0.15, 0.2) is 0 Å². The normalized spacial score (nSPS) is 16.5. The molecule has 1 aromatic carbocycles. The average molecular weight is 241 g/mol. The highest BCUT2D eigenvalue weighted by Crippen LogP contribution is 2.35. The first-order valence-corrected chi connectivity index (χ1v) is 6.71. The molecule has 3 rings (SSSR count). The van der Waals surface area contributed by atoms with Crippen LogP contribution >= 0.6 is 0 Å². The van der Waals surface area contributed by atoms with Crippen LogP contribution in [0.2, 0.25) is 0 Å². The fraction of sp³-hybridized carbons (Fsp3) is 0.400. The first-order chi connectivity index (χ1) is 8.86. The zero-order chi connectivity index (χ0) is 12.4. The van der Waals surface area contributed by atoms with Crippen LogP contribution in [0.25, 0.3) is 5.69 Å². The van der Waals surface area contributed by atoms with E-state index in [0.717, 1.165) is 11.6 Å². The molecule has 1 heterocycles. The fourth-order valence-corrected chi connectivity index (χ4v) is 2.43. The van der Waals surface area contributed by atoms with Gasteiger partial charge in [0, 0.05) is 29.8 Å². The molecule has 3 nitrogen and oxygen atoms in total. The van der Waals surface area contributed by atoms with Crippen molar-refractivity contribution in [3.63, 3.8) is 0 Å². The predicted molar refractivity (Wildman–Crippen MR) is 74.0 cm³/mol. The van der Waals surface area contributed by atoms with Gasteiger partial charge in [-0.05, 0) is 43.4 Å². The van der Waals surface area contributed by atoms with Crippen molar-refractivity contribution in [3.05, 3.63) is 43.0 Å². The minimum Gasteiger partial charge on any atom is -0.382 e. The van der Waals surface area contributed by atoms with E-state index < -0.39 is 0 Å². The Bertz CT molecular complexity index is 500. The van der Waals surface area contributed by atoms with Crippen LogP contribution in [0.15, 0.2) is 43.0 Å². The number of hydrogen-bond donors (Lipinski definition) is 1. The van der Waals surface area contributed by atoms with Gasteiger partial charge in [-0.3, -0.25) is 0 Å². The molecule has 0 radical (unpaired) electrons. The van der Waals surface area contributed by atoms with E-state index in [1.54, 1.807) is 6.20 Å². The molecule has 0 spiro atoms. The van der Waals surface area contributed by atoms with Crippen LogP contribution in [-0.2, 0) is 0 Å². The van der Waals surface area contributed by atoms with Gasteiger partial charge in [0.2, 0.25) is 0 Å². The maximum absolute atomic E-state index is 4.09.